The molecule has 2 aromatic rings. The Morgan fingerprint density at radius 1 is 0.846 bits per heavy atom. The molecule has 0 heterocycles. The lowest BCUT2D eigenvalue weighted by Crippen LogP contribution is -2.33. The van der Waals surface area contributed by atoms with Gasteiger partial charge in [-0.15, -0.1) is 0 Å². The van der Waals surface area contributed by atoms with E-state index in [9.17, 15) is 9.59 Å². The van der Waals surface area contributed by atoms with Crippen LogP contribution in [-0.2, 0) is 14.3 Å². The van der Waals surface area contributed by atoms with Crippen LogP contribution in [0.4, 0.5) is 11.4 Å². The Morgan fingerprint density at radius 2 is 1.38 bits per heavy atom. The Bertz CT molecular complexity index is 649. The molecule has 5 heteroatoms. The molecule has 2 aromatic carbocycles. The summed E-state index contributed by atoms with van der Waals surface area (Å²) in [5, 5.41) is 0. The number of carbonyl (C=O) groups is 2. The van der Waals surface area contributed by atoms with E-state index >= 15 is 0 Å². The van der Waals surface area contributed by atoms with E-state index in [4.69, 9.17) is 4.74 Å². The average Bonchev–Trinajstić information content (AvgIpc) is 2.63. The van der Waals surface area contributed by atoms with E-state index in [1.807, 2.05) is 43.4 Å². The number of nitrogens with zero attached hydrogens (tertiary/aromatic N) is 2. The van der Waals surface area contributed by atoms with E-state index in [-0.39, 0.29) is 12.2 Å². The Morgan fingerprint density at radius 3 is 1.88 bits per heavy atom. The first kappa shape index (κ1) is 19.7. The predicted molar refractivity (Wildman–Crippen MR) is 104 cm³/mol. The van der Waals surface area contributed by atoms with Gasteiger partial charge in [-0.3, -0.25) is 9.59 Å². The lowest BCUT2D eigenvalue weighted by molar-refractivity contribution is -0.146. The number of ether oxygens (including phenoxy) is 1. The highest BCUT2D eigenvalue weighted by molar-refractivity contribution is 5.94. The van der Waals surface area contributed by atoms with E-state index in [0.29, 0.717) is 13.2 Å². The number of hydrogen-bond acceptors (Lipinski definition) is 5. The van der Waals surface area contributed by atoms with Gasteiger partial charge < -0.3 is 14.5 Å². The van der Waals surface area contributed by atoms with Crippen molar-refractivity contribution in [2.75, 3.05) is 38.2 Å². The van der Waals surface area contributed by atoms with Gasteiger partial charge in [-0.25, -0.2) is 0 Å². The van der Waals surface area contributed by atoms with Crippen LogP contribution in [0.2, 0.25) is 0 Å². The van der Waals surface area contributed by atoms with Gasteiger partial charge in [0.25, 0.3) is 0 Å². The minimum absolute atomic E-state index is 0.153. The number of benzene rings is 2. The summed E-state index contributed by atoms with van der Waals surface area (Å²) in [6.07, 6.45) is -0.153. The Labute approximate surface area is 155 Å². The summed E-state index contributed by atoms with van der Waals surface area (Å²) in [4.78, 5) is 26.7. The maximum atomic E-state index is 11.4. The minimum atomic E-state index is -0.457. The van der Waals surface area contributed by atoms with E-state index in [2.05, 4.69) is 34.1 Å². The van der Waals surface area contributed by atoms with E-state index in [1.165, 1.54) is 6.92 Å². The van der Waals surface area contributed by atoms with Gasteiger partial charge in [-0.1, -0.05) is 36.4 Å². The number of anilines is 2. The van der Waals surface area contributed by atoms with Crippen molar-refractivity contribution in [2.24, 2.45) is 0 Å². The van der Waals surface area contributed by atoms with Crippen LogP contribution in [-0.4, -0.2) is 49.9 Å². The second-order valence-electron chi connectivity index (χ2n) is 6.23. The highest BCUT2D eigenvalue weighted by atomic mass is 16.5. The summed E-state index contributed by atoms with van der Waals surface area (Å²) in [6.45, 7) is 3.93. The minimum Gasteiger partial charge on any atom is -0.464 e. The lowest BCUT2D eigenvalue weighted by Gasteiger charge is -2.27. The summed E-state index contributed by atoms with van der Waals surface area (Å²) in [6, 6.07) is 20.5. The molecule has 2 rings (SSSR count). The molecule has 0 aliphatic rings. The molecule has 0 N–H and O–H groups in total. The zero-order valence-corrected chi connectivity index (χ0v) is 15.4. The third-order valence-electron chi connectivity index (χ3n) is 3.97. The second kappa shape index (κ2) is 10.4. The van der Waals surface area contributed by atoms with Crippen molar-refractivity contribution in [3.8, 4) is 0 Å². The average molecular weight is 354 g/mol. The van der Waals surface area contributed by atoms with Gasteiger partial charge in [0.15, 0.2) is 0 Å². The maximum absolute atomic E-state index is 11.4. The molecule has 0 aliphatic carbocycles. The second-order valence-corrected chi connectivity index (χ2v) is 6.23. The summed E-state index contributed by atoms with van der Waals surface area (Å²) in [7, 11) is 1.99. The third-order valence-corrected chi connectivity index (χ3v) is 3.97. The molecule has 0 radical (unpaired) electrons. The van der Waals surface area contributed by atoms with Crippen LogP contribution in [0.15, 0.2) is 60.7 Å². The van der Waals surface area contributed by atoms with Crippen LogP contribution in [0.3, 0.4) is 0 Å². The highest BCUT2D eigenvalue weighted by Gasteiger charge is 2.11. The summed E-state index contributed by atoms with van der Waals surface area (Å²) >= 11 is 0. The standard InChI is InChI=1S/C21H26N2O3/c1-18(24)17-21(25)26-16-15-22(2)13-14-23(19-9-5-3-6-10-19)20-11-7-4-8-12-20/h3-12H,13-17H2,1-2H3. The van der Waals surface area contributed by atoms with Gasteiger partial charge in [0.2, 0.25) is 0 Å². The molecule has 5 nitrogen and oxygen atoms in total. The van der Waals surface area contributed by atoms with Crippen LogP contribution < -0.4 is 4.90 Å². The van der Waals surface area contributed by atoms with Crippen molar-refractivity contribution in [3.05, 3.63) is 60.7 Å². The third kappa shape index (κ3) is 6.69. The fourth-order valence-corrected chi connectivity index (χ4v) is 2.58. The Kier molecular flexibility index (Phi) is 7.83. The summed E-state index contributed by atoms with van der Waals surface area (Å²) in [5.41, 5.74) is 2.28. The zero-order chi connectivity index (χ0) is 18.8. The summed E-state index contributed by atoms with van der Waals surface area (Å²) in [5.74, 6) is -0.634. The lowest BCUT2D eigenvalue weighted by atomic mass is 10.2. The first-order chi connectivity index (χ1) is 12.6. The van der Waals surface area contributed by atoms with Crippen LogP contribution in [0.5, 0.6) is 0 Å². The SMILES string of the molecule is CC(=O)CC(=O)OCCN(C)CCN(c1ccccc1)c1ccccc1. The number of esters is 1. The van der Waals surface area contributed by atoms with Gasteiger partial charge in [0.1, 0.15) is 18.8 Å². The number of para-hydroxylation sites is 2. The molecule has 138 valence electrons. The topological polar surface area (TPSA) is 49.9 Å². The van der Waals surface area contributed by atoms with Gasteiger partial charge in [-0.2, -0.15) is 0 Å². The van der Waals surface area contributed by atoms with Gasteiger partial charge in [0.05, 0.1) is 0 Å². The van der Waals surface area contributed by atoms with Crippen molar-refractivity contribution < 1.29 is 14.3 Å². The maximum Gasteiger partial charge on any atom is 0.313 e. The number of likely N-dealkylation sites (N-methyl/N-ethyl adjacent to an activating group) is 1. The Hall–Kier alpha value is -2.66. The van der Waals surface area contributed by atoms with Crippen molar-refractivity contribution in [3.63, 3.8) is 0 Å². The van der Waals surface area contributed by atoms with Gasteiger partial charge in [0, 0.05) is 31.0 Å². The number of carbonyl (C=O) groups excluding carboxylic acids is 2. The van der Waals surface area contributed by atoms with Crippen LogP contribution in [0, 0.1) is 0 Å². The van der Waals surface area contributed by atoms with E-state index in [0.717, 1.165) is 24.5 Å². The van der Waals surface area contributed by atoms with Crippen molar-refractivity contribution in [1.29, 1.82) is 0 Å². The smallest absolute Gasteiger partial charge is 0.313 e. The predicted octanol–water partition coefficient (Wildman–Crippen LogP) is 3.28. The molecule has 0 unspecified atom stereocenters. The van der Waals surface area contributed by atoms with Gasteiger partial charge >= 0.3 is 5.97 Å². The molecule has 0 fully saturated rings. The fraction of sp³-hybridized carbons (Fsp3) is 0.333. The highest BCUT2D eigenvalue weighted by Crippen LogP contribution is 2.24. The number of ketones is 1. The monoisotopic (exact) mass is 354 g/mol. The molecule has 0 spiro atoms. The largest absolute Gasteiger partial charge is 0.464 e. The molecule has 0 aromatic heterocycles. The number of Topliss-reactive ketones (excluding diaryl/α,β-unsaturated/α-hetero) is 1. The first-order valence-corrected chi connectivity index (χ1v) is 8.77. The molecule has 0 saturated carbocycles. The number of rotatable bonds is 10. The van der Waals surface area contributed by atoms with Crippen LogP contribution >= 0.6 is 0 Å². The quantitative estimate of drug-likeness (QED) is 0.484. The molecule has 26 heavy (non-hydrogen) atoms. The van der Waals surface area contributed by atoms with E-state index in [1.54, 1.807) is 0 Å². The van der Waals surface area contributed by atoms with Crippen molar-refractivity contribution in [1.82, 2.24) is 4.90 Å². The molecule has 0 aliphatic heterocycles. The van der Waals surface area contributed by atoms with Crippen LogP contribution in [0.25, 0.3) is 0 Å². The number of hydrogen-bond donors (Lipinski definition) is 0. The summed E-state index contributed by atoms with van der Waals surface area (Å²) < 4.78 is 5.08. The normalized spacial score (nSPS) is 10.6. The Balaban J connectivity index is 1.87. The molecular weight excluding hydrogens is 328 g/mol. The van der Waals surface area contributed by atoms with Crippen molar-refractivity contribution in [2.45, 2.75) is 13.3 Å². The van der Waals surface area contributed by atoms with Crippen molar-refractivity contribution >= 4 is 23.1 Å². The molecule has 0 saturated heterocycles. The van der Waals surface area contributed by atoms with E-state index < -0.39 is 5.97 Å². The van der Waals surface area contributed by atoms with Gasteiger partial charge in [-0.05, 0) is 38.2 Å². The van der Waals surface area contributed by atoms with Crippen LogP contribution in [0.1, 0.15) is 13.3 Å². The molecular formula is C21H26N2O3. The first-order valence-electron chi connectivity index (χ1n) is 8.77. The molecule has 0 bridgehead atoms. The fourth-order valence-electron chi connectivity index (χ4n) is 2.58. The molecule has 0 amide bonds. The molecule has 0 atom stereocenters. The zero-order valence-electron chi connectivity index (χ0n) is 15.4.